The van der Waals surface area contributed by atoms with Crippen molar-refractivity contribution in [2.45, 2.75) is 18.9 Å². The van der Waals surface area contributed by atoms with Gasteiger partial charge in [-0.25, -0.2) is 9.97 Å². The van der Waals surface area contributed by atoms with Crippen molar-refractivity contribution in [2.24, 2.45) is 0 Å². The van der Waals surface area contributed by atoms with Crippen LogP contribution in [0.4, 0.5) is 0 Å². The van der Waals surface area contributed by atoms with Gasteiger partial charge in [-0.05, 0) is 49.2 Å². The number of ether oxygens (including phenoxy) is 1. The fourth-order valence-corrected chi connectivity index (χ4v) is 3.97. The third kappa shape index (κ3) is 3.35. The van der Waals surface area contributed by atoms with E-state index < -0.39 is 0 Å². The van der Waals surface area contributed by atoms with E-state index in [1.807, 2.05) is 52.1 Å². The molecule has 1 atom stereocenters. The van der Waals surface area contributed by atoms with Crippen LogP contribution in [0.2, 0.25) is 0 Å². The largest absolute Gasteiger partial charge is 0.380 e. The maximum Gasteiger partial charge on any atom is 0.255 e. The Morgan fingerprint density at radius 1 is 1.20 bits per heavy atom. The van der Waals surface area contributed by atoms with E-state index >= 15 is 0 Å². The van der Waals surface area contributed by atoms with Crippen LogP contribution in [0.5, 0.6) is 0 Å². The molecule has 30 heavy (non-hydrogen) atoms. The number of rotatable bonds is 4. The molecule has 0 saturated carbocycles. The average Bonchev–Trinajstić information content (AvgIpc) is 3.48. The monoisotopic (exact) mass is 402 g/mol. The number of nitrogens with zero attached hydrogens (tertiary/aromatic N) is 5. The fraction of sp³-hybridized carbons (Fsp3) is 0.273. The van der Waals surface area contributed by atoms with Crippen molar-refractivity contribution in [1.29, 1.82) is 0 Å². The van der Waals surface area contributed by atoms with E-state index in [-0.39, 0.29) is 12.0 Å². The van der Waals surface area contributed by atoms with Gasteiger partial charge in [-0.2, -0.15) is 5.10 Å². The van der Waals surface area contributed by atoms with Crippen molar-refractivity contribution in [3.8, 4) is 17.1 Å². The van der Waals surface area contributed by atoms with Crippen molar-refractivity contribution >= 4 is 16.9 Å². The number of aromatic amines is 1. The molecule has 8 heteroatoms. The number of hydrogen-bond donors (Lipinski definition) is 1. The summed E-state index contributed by atoms with van der Waals surface area (Å²) in [6.07, 6.45) is 7.19. The number of pyridine rings is 1. The highest BCUT2D eigenvalue weighted by Crippen LogP contribution is 2.23. The summed E-state index contributed by atoms with van der Waals surface area (Å²) in [6.45, 7) is 1.39. The first kappa shape index (κ1) is 18.5. The first-order chi connectivity index (χ1) is 14.7. The van der Waals surface area contributed by atoms with Crippen LogP contribution >= 0.6 is 0 Å². The molecule has 1 aliphatic rings. The molecule has 4 heterocycles. The van der Waals surface area contributed by atoms with Gasteiger partial charge in [0, 0.05) is 49.2 Å². The summed E-state index contributed by atoms with van der Waals surface area (Å²) in [5.74, 6) is 0.740. The Morgan fingerprint density at radius 2 is 2.07 bits per heavy atom. The Morgan fingerprint density at radius 3 is 2.83 bits per heavy atom. The highest BCUT2D eigenvalue weighted by Gasteiger charge is 2.24. The van der Waals surface area contributed by atoms with Gasteiger partial charge in [0.2, 0.25) is 0 Å². The molecule has 0 spiro atoms. The van der Waals surface area contributed by atoms with Crippen molar-refractivity contribution < 1.29 is 9.53 Å². The normalized spacial score (nSPS) is 16.8. The molecule has 0 unspecified atom stereocenters. The lowest BCUT2D eigenvalue weighted by Crippen LogP contribution is -2.42. The zero-order chi connectivity index (χ0) is 20.5. The molecule has 1 saturated heterocycles. The lowest BCUT2D eigenvalue weighted by Gasteiger charge is -2.31. The summed E-state index contributed by atoms with van der Waals surface area (Å²) in [5, 5.41) is 7.68. The Kier molecular flexibility index (Phi) is 4.76. The summed E-state index contributed by atoms with van der Waals surface area (Å²) in [7, 11) is 1.70. The van der Waals surface area contributed by atoms with Crippen LogP contribution in [0.25, 0.3) is 28.1 Å². The number of methoxy groups -OCH3 is 1. The molecule has 8 nitrogen and oxygen atoms in total. The third-order valence-electron chi connectivity index (χ3n) is 5.61. The van der Waals surface area contributed by atoms with Crippen molar-refractivity contribution in [3.05, 3.63) is 60.7 Å². The van der Waals surface area contributed by atoms with Crippen LogP contribution < -0.4 is 0 Å². The number of H-pyrrole nitrogens is 1. The lowest BCUT2D eigenvalue weighted by atomic mass is 10.1. The van der Waals surface area contributed by atoms with E-state index in [4.69, 9.17) is 4.74 Å². The van der Waals surface area contributed by atoms with Gasteiger partial charge in [-0.1, -0.05) is 0 Å². The number of piperidine rings is 1. The van der Waals surface area contributed by atoms with Gasteiger partial charge >= 0.3 is 0 Å². The maximum atomic E-state index is 12.9. The molecule has 1 aliphatic heterocycles. The molecule has 1 N–H and O–H groups in total. The van der Waals surface area contributed by atoms with Crippen LogP contribution in [0.15, 0.2) is 55.1 Å². The Bertz CT molecular complexity index is 1170. The van der Waals surface area contributed by atoms with Crippen molar-refractivity contribution in [1.82, 2.24) is 29.6 Å². The predicted molar refractivity (Wildman–Crippen MR) is 112 cm³/mol. The maximum absolute atomic E-state index is 12.9. The van der Waals surface area contributed by atoms with E-state index in [0.717, 1.165) is 47.5 Å². The summed E-state index contributed by atoms with van der Waals surface area (Å²) >= 11 is 0. The molecule has 1 amide bonds. The topological polar surface area (TPSA) is 88.9 Å². The van der Waals surface area contributed by atoms with Gasteiger partial charge in [-0.3, -0.25) is 9.89 Å². The molecule has 152 valence electrons. The van der Waals surface area contributed by atoms with Gasteiger partial charge in [0.15, 0.2) is 5.82 Å². The molecular formula is C22H22N6O2. The molecule has 0 aliphatic carbocycles. The number of hydrogen-bond acceptors (Lipinski definition) is 5. The number of carbonyl (C=O) groups excluding carboxylic acids is 1. The smallest absolute Gasteiger partial charge is 0.255 e. The SMILES string of the molecule is CO[C@H]1CCCN(C(=O)c2cnc3c(ccn3-c3ccc(-c4ncn[nH]4)cc3)c2)C1. The van der Waals surface area contributed by atoms with Crippen LogP contribution in [0.1, 0.15) is 23.2 Å². The molecule has 1 aromatic carbocycles. The fourth-order valence-electron chi connectivity index (χ4n) is 3.97. The van der Waals surface area contributed by atoms with E-state index in [1.54, 1.807) is 13.3 Å². The van der Waals surface area contributed by atoms with E-state index in [1.165, 1.54) is 6.33 Å². The van der Waals surface area contributed by atoms with Crippen LogP contribution in [-0.4, -0.2) is 61.8 Å². The first-order valence-corrected chi connectivity index (χ1v) is 9.98. The second kappa shape index (κ2) is 7.72. The number of aromatic nitrogens is 5. The van der Waals surface area contributed by atoms with Gasteiger partial charge in [-0.15, -0.1) is 0 Å². The van der Waals surface area contributed by atoms with Crippen LogP contribution in [0, 0.1) is 0 Å². The van der Waals surface area contributed by atoms with Gasteiger partial charge < -0.3 is 14.2 Å². The predicted octanol–water partition coefficient (Wildman–Crippen LogP) is 3.06. The number of carbonyl (C=O) groups is 1. The molecule has 3 aromatic heterocycles. The second-order valence-electron chi connectivity index (χ2n) is 7.45. The summed E-state index contributed by atoms with van der Waals surface area (Å²) in [5.41, 5.74) is 3.37. The van der Waals surface area contributed by atoms with Gasteiger partial charge in [0.05, 0.1) is 11.7 Å². The van der Waals surface area contributed by atoms with Gasteiger partial charge in [0.25, 0.3) is 5.91 Å². The third-order valence-corrected chi connectivity index (χ3v) is 5.61. The molecule has 5 rings (SSSR count). The van der Waals surface area contributed by atoms with Crippen molar-refractivity contribution in [2.75, 3.05) is 20.2 Å². The average molecular weight is 402 g/mol. The van der Waals surface area contributed by atoms with E-state index in [9.17, 15) is 4.79 Å². The number of likely N-dealkylation sites (tertiary alicyclic amines) is 1. The Balaban J connectivity index is 1.41. The van der Waals surface area contributed by atoms with E-state index in [0.29, 0.717) is 12.1 Å². The quantitative estimate of drug-likeness (QED) is 0.567. The summed E-state index contributed by atoms with van der Waals surface area (Å²) < 4.78 is 7.45. The molecule has 1 fully saturated rings. The zero-order valence-electron chi connectivity index (χ0n) is 16.7. The summed E-state index contributed by atoms with van der Waals surface area (Å²) in [6, 6.07) is 11.9. The minimum absolute atomic E-state index is 0.00955. The highest BCUT2D eigenvalue weighted by atomic mass is 16.5. The highest BCUT2D eigenvalue weighted by molar-refractivity contribution is 5.97. The number of benzene rings is 1. The molecule has 0 radical (unpaired) electrons. The second-order valence-corrected chi connectivity index (χ2v) is 7.45. The summed E-state index contributed by atoms with van der Waals surface area (Å²) in [4.78, 5) is 23.6. The van der Waals surface area contributed by atoms with Crippen LogP contribution in [-0.2, 0) is 4.74 Å². The standard InChI is InChI=1S/C22H22N6O2/c1-30-19-3-2-9-27(13-19)22(29)17-11-16-8-10-28(21(16)23-12-17)18-6-4-15(5-7-18)20-24-14-25-26-20/h4-8,10-12,14,19H,2-3,9,13H2,1H3,(H,24,25,26)/t19-/m0/s1. The molecule has 4 aromatic rings. The number of fused-ring (bicyclic) bond motifs is 1. The zero-order valence-corrected chi connectivity index (χ0v) is 16.7. The Labute approximate surface area is 173 Å². The minimum atomic E-state index is 0.00955. The first-order valence-electron chi connectivity index (χ1n) is 9.98. The number of amides is 1. The molecular weight excluding hydrogens is 380 g/mol. The van der Waals surface area contributed by atoms with E-state index in [2.05, 4.69) is 20.2 Å². The van der Waals surface area contributed by atoms with Gasteiger partial charge in [0.1, 0.15) is 12.0 Å². The lowest BCUT2D eigenvalue weighted by molar-refractivity contribution is 0.0269. The molecule has 0 bridgehead atoms. The van der Waals surface area contributed by atoms with Crippen LogP contribution in [0.3, 0.4) is 0 Å². The van der Waals surface area contributed by atoms with Crippen molar-refractivity contribution in [3.63, 3.8) is 0 Å². The number of nitrogens with one attached hydrogen (secondary N) is 1. The minimum Gasteiger partial charge on any atom is -0.380 e. The Hall–Kier alpha value is -3.52.